The number of rotatable bonds is 8. The molecule has 0 aromatic heterocycles. The fourth-order valence-corrected chi connectivity index (χ4v) is 3.30. The second kappa shape index (κ2) is 9.35. The molecule has 154 valence electrons. The Morgan fingerprint density at radius 2 is 1.44 bits per heavy atom. The van der Waals surface area contributed by atoms with Crippen molar-refractivity contribution in [2.75, 3.05) is 20.3 Å². The molecule has 0 unspecified atom stereocenters. The Labute approximate surface area is 162 Å². The van der Waals surface area contributed by atoms with Crippen molar-refractivity contribution in [2.24, 2.45) is 0 Å². The molecule has 0 spiro atoms. The summed E-state index contributed by atoms with van der Waals surface area (Å²) in [5.41, 5.74) is 0.129. The van der Waals surface area contributed by atoms with Crippen molar-refractivity contribution in [3.63, 3.8) is 0 Å². The lowest BCUT2D eigenvalue weighted by Crippen LogP contribution is -2.60. The molecular formula is C20H33NO6. The summed E-state index contributed by atoms with van der Waals surface area (Å²) < 4.78 is 15.3. The van der Waals surface area contributed by atoms with Gasteiger partial charge in [-0.1, -0.05) is 6.58 Å². The Hall–Kier alpha value is -1.89. The summed E-state index contributed by atoms with van der Waals surface area (Å²) in [6.45, 7) is 13.4. The molecule has 0 radical (unpaired) electrons. The number of likely N-dealkylation sites (tertiary alicyclic amines) is 1. The van der Waals surface area contributed by atoms with Crippen molar-refractivity contribution in [1.82, 2.24) is 4.90 Å². The van der Waals surface area contributed by atoms with Crippen molar-refractivity contribution >= 4 is 17.9 Å². The molecule has 0 aromatic carbocycles. The van der Waals surface area contributed by atoms with Gasteiger partial charge in [-0.15, -0.1) is 0 Å². The molecule has 1 aliphatic heterocycles. The highest BCUT2D eigenvalue weighted by molar-refractivity contribution is 5.86. The topological polar surface area (TPSA) is 82.1 Å². The van der Waals surface area contributed by atoms with E-state index in [1.54, 1.807) is 0 Å². The lowest BCUT2D eigenvalue weighted by Gasteiger charge is -2.53. The maximum absolute atomic E-state index is 12.1. The van der Waals surface area contributed by atoms with Gasteiger partial charge in [-0.3, -0.25) is 14.5 Å². The predicted octanol–water partition coefficient (Wildman–Crippen LogP) is 2.62. The van der Waals surface area contributed by atoms with Crippen LogP contribution in [-0.2, 0) is 28.6 Å². The molecule has 7 nitrogen and oxygen atoms in total. The number of hydrogen-bond acceptors (Lipinski definition) is 7. The zero-order chi connectivity index (χ0) is 20.8. The summed E-state index contributed by atoms with van der Waals surface area (Å²) >= 11 is 0. The largest absolute Gasteiger partial charge is 0.462 e. The zero-order valence-electron chi connectivity index (χ0n) is 17.4. The van der Waals surface area contributed by atoms with Gasteiger partial charge < -0.3 is 14.2 Å². The Kier molecular flexibility index (Phi) is 8.02. The highest BCUT2D eigenvalue weighted by Crippen LogP contribution is 2.38. The molecule has 27 heavy (non-hydrogen) atoms. The Balaban J connectivity index is 2.31. The van der Waals surface area contributed by atoms with Gasteiger partial charge in [0.1, 0.15) is 19.3 Å². The van der Waals surface area contributed by atoms with Gasteiger partial charge in [-0.05, 0) is 41.7 Å². The van der Waals surface area contributed by atoms with Crippen LogP contribution in [0.15, 0.2) is 12.2 Å². The number of ether oxygens (including phenoxy) is 3. The van der Waals surface area contributed by atoms with Gasteiger partial charge in [0.05, 0.1) is 12.8 Å². The first-order valence-corrected chi connectivity index (χ1v) is 9.27. The molecule has 0 aromatic rings. The van der Waals surface area contributed by atoms with E-state index in [9.17, 15) is 14.4 Å². The summed E-state index contributed by atoms with van der Waals surface area (Å²) in [5, 5.41) is 0. The molecule has 0 atom stereocenters. The van der Waals surface area contributed by atoms with Crippen LogP contribution >= 0.6 is 0 Å². The van der Waals surface area contributed by atoms with Crippen LogP contribution in [-0.4, -0.2) is 60.3 Å². The number of hydrogen-bond donors (Lipinski definition) is 0. The molecule has 1 rings (SSSR count). The van der Waals surface area contributed by atoms with Crippen LogP contribution in [0.25, 0.3) is 0 Å². The van der Waals surface area contributed by atoms with Gasteiger partial charge in [0.25, 0.3) is 0 Å². The molecule has 7 heteroatoms. The molecule has 0 bridgehead atoms. The maximum atomic E-state index is 12.1. The third-order valence-corrected chi connectivity index (χ3v) is 5.03. The van der Waals surface area contributed by atoms with Gasteiger partial charge in [0, 0.05) is 29.5 Å². The van der Waals surface area contributed by atoms with Crippen LogP contribution in [0.1, 0.15) is 60.3 Å². The predicted molar refractivity (Wildman–Crippen MR) is 101 cm³/mol. The van der Waals surface area contributed by atoms with Gasteiger partial charge in [0.2, 0.25) is 0 Å². The average molecular weight is 383 g/mol. The lowest BCUT2D eigenvalue weighted by molar-refractivity contribution is -0.161. The molecule has 1 fully saturated rings. The Morgan fingerprint density at radius 1 is 0.963 bits per heavy atom. The summed E-state index contributed by atoms with van der Waals surface area (Å²) in [6.07, 6.45) is 1.23. The maximum Gasteiger partial charge on any atom is 0.333 e. The van der Waals surface area contributed by atoms with E-state index in [2.05, 4.69) is 46.2 Å². The van der Waals surface area contributed by atoms with Crippen LogP contribution in [0.3, 0.4) is 0 Å². The summed E-state index contributed by atoms with van der Waals surface area (Å²) in [6, 6.07) is 0. The first-order valence-electron chi connectivity index (χ1n) is 9.27. The molecule has 0 aliphatic carbocycles. The van der Waals surface area contributed by atoms with Crippen molar-refractivity contribution < 1.29 is 28.6 Å². The SMILES string of the molecule is C=C(C)C(=O)OCCOC(=O)CCC(=O)OC1CC(C)(C)N(C)C(C)(C)C1. The third-order valence-electron chi connectivity index (χ3n) is 5.03. The van der Waals surface area contributed by atoms with E-state index in [-0.39, 0.29) is 48.8 Å². The molecule has 1 heterocycles. The number of carbonyl (C=O) groups is 3. The van der Waals surface area contributed by atoms with Crippen molar-refractivity contribution in [3.05, 3.63) is 12.2 Å². The van der Waals surface area contributed by atoms with Gasteiger partial charge in [0.15, 0.2) is 0 Å². The van der Waals surface area contributed by atoms with E-state index in [4.69, 9.17) is 14.2 Å². The van der Waals surface area contributed by atoms with Crippen LogP contribution in [0.4, 0.5) is 0 Å². The Bertz CT molecular complexity index is 563. The highest BCUT2D eigenvalue weighted by Gasteiger charge is 2.44. The minimum atomic E-state index is -0.529. The number of esters is 3. The minimum Gasteiger partial charge on any atom is -0.462 e. The fraction of sp³-hybridized carbons (Fsp3) is 0.750. The zero-order valence-corrected chi connectivity index (χ0v) is 17.4. The van der Waals surface area contributed by atoms with E-state index in [1.807, 2.05) is 0 Å². The van der Waals surface area contributed by atoms with Gasteiger partial charge in [-0.25, -0.2) is 4.79 Å². The lowest BCUT2D eigenvalue weighted by atomic mass is 9.79. The van der Waals surface area contributed by atoms with E-state index in [1.165, 1.54) is 6.92 Å². The molecule has 0 saturated carbocycles. The number of piperidine rings is 1. The minimum absolute atomic E-state index is 0.0302. The second-order valence-electron chi connectivity index (χ2n) is 8.34. The van der Waals surface area contributed by atoms with Crippen molar-refractivity contribution in [1.29, 1.82) is 0 Å². The summed E-state index contributed by atoms with van der Waals surface area (Å²) in [4.78, 5) is 37.2. The quantitative estimate of drug-likeness (QED) is 0.276. The van der Waals surface area contributed by atoms with Crippen molar-refractivity contribution in [3.8, 4) is 0 Å². The Morgan fingerprint density at radius 3 is 1.96 bits per heavy atom. The smallest absolute Gasteiger partial charge is 0.333 e. The van der Waals surface area contributed by atoms with Crippen LogP contribution in [0, 0.1) is 0 Å². The van der Waals surface area contributed by atoms with Gasteiger partial charge >= 0.3 is 17.9 Å². The normalized spacial score (nSPS) is 19.2. The van der Waals surface area contributed by atoms with Gasteiger partial charge in [-0.2, -0.15) is 0 Å². The first-order chi connectivity index (χ1) is 12.3. The molecule has 1 aliphatic rings. The number of carbonyl (C=O) groups excluding carboxylic acids is 3. The summed E-state index contributed by atoms with van der Waals surface area (Å²) in [7, 11) is 2.09. The molecule has 0 N–H and O–H groups in total. The van der Waals surface area contributed by atoms with E-state index < -0.39 is 17.9 Å². The van der Waals surface area contributed by atoms with E-state index in [0.29, 0.717) is 0 Å². The molecule has 0 amide bonds. The first kappa shape index (κ1) is 23.1. The van der Waals surface area contributed by atoms with Crippen LogP contribution in [0.2, 0.25) is 0 Å². The second-order valence-corrected chi connectivity index (χ2v) is 8.34. The van der Waals surface area contributed by atoms with E-state index >= 15 is 0 Å². The molecule has 1 saturated heterocycles. The monoisotopic (exact) mass is 383 g/mol. The highest BCUT2D eigenvalue weighted by atomic mass is 16.6. The van der Waals surface area contributed by atoms with Crippen LogP contribution in [0.5, 0.6) is 0 Å². The van der Waals surface area contributed by atoms with E-state index in [0.717, 1.165) is 12.8 Å². The average Bonchev–Trinajstić information content (AvgIpc) is 2.53. The third kappa shape index (κ3) is 7.33. The van der Waals surface area contributed by atoms with Crippen molar-refractivity contribution in [2.45, 2.75) is 77.5 Å². The molecular weight excluding hydrogens is 350 g/mol. The summed E-state index contributed by atoms with van der Waals surface area (Å²) in [5.74, 6) is -1.46. The fourth-order valence-electron chi connectivity index (χ4n) is 3.30. The standard InChI is InChI=1S/C20H33NO6/c1-14(2)18(24)26-11-10-25-16(22)8-9-17(23)27-15-12-19(3,4)21(7)20(5,6)13-15/h15H,1,8-13H2,2-7H3. The number of nitrogens with zero attached hydrogens (tertiary/aromatic N) is 1. The van der Waals surface area contributed by atoms with Crippen LogP contribution < -0.4 is 0 Å².